The summed E-state index contributed by atoms with van der Waals surface area (Å²) in [6.45, 7) is 4.61. The summed E-state index contributed by atoms with van der Waals surface area (Å²) in [4.78, 5) is 0. The molecule has 0 saturated carbocycles. The molecule has 1 N–H and O–H groups in total. The lowest BCUT2D eigenvalue weighted by atomic mass is 10.0. The highest BCUT2D eigenvalue weighted by Gasteiger charge is 2.28. The minimum Gasteiger partial charge on any atom is -0.493 e. The van der Waals surface area contributed by atoms with E-state index in [-0.39, 0.29) is 6.17 Å². The van der Waals surface area contributed by atoms with Crippen LogP contribution < -0.4 is 14.8 Å². The summed E-state index contributed by atoms with van der Waals surface area (Å²) in [6, 6.07) is 22.7. The molecule has 1 atom stereocenters. The van der Waals surface area contributed by atoms with E-state index in [4.69, 9.17) is 14.6 Å². The van der Waals surface area contributed by atoms with Gasteiger partial charge in [0.15, 0.2) is 11.5 Å². The molecule has 162 valence electrons. The van der Waals surface area contributed by atoms with E-state index in [1.807, 2.05) is 43.3 Å². The zero-order chi connectivity index (χ0) is 22.2. The fourth-order valence-electron chi connectivity index (χ4n) is 4.13. The number of para-hydroxylation sites is 1. The van der Waals surface area contributed by atoms with Gasteiger partial charge in [0.05, 0.1) is 18.5 Å². The zero-order valence-electron chi connectivity index (χ0n) is 18.2. The van der Waals surface area contributed by atoms with Gasteiger partial charge in [-0.05, 0) is 55.3 Å². The molecule has 1 unspecified atom stereocenters. The van der Waals surface area contributed by atoms with Crippen LogP contribution in [0.5, 0.6) is 11.5 Å². The summed E-state index contributed by atoms with van der Waals surface area (Å²) in [5.41, 5.74) is 7.75. The van der Waals surface area contributed by atoms with Crippen LogP contribution >= 0.6 is 15.9 Å². The van der Waals surface area contributed by atoms with Gasteiger partial charge in [0.2, 0.25) is 0 Å². The van der Waals surface area contributed by atoms with Gasteiger partial charge in [-0.15, -0.1) is 0 Å². The van der Waals surface area contributed by atoms with Crippen molar-refractivity contribution in [3.05, 3.63) is 93.6 Å². The average molecular weight is 490 g/mol. The predicted molar refractivity (Wildman–Crippen MR) is 130 cm³/mol. The Morgan fingerprint density at radius 1 is 1.00 bits per heavy atom. The van der Waals surface area contributed by atoms with Gasteiger partial charge in [0, 0.05) is 21.3 Å². The molecule has 0 radical (unpaired) electrons. The van der Waals surface area contributed by atoms with Crippen LogP contribution in [0.4, 0.5) is 5.69 Å². The third-order valence-corrected chi connectivity index (χ3v) is 6.27. The molecule has 3 aromatic carbocycles. The number of aryl methyl sites for hydroxylation is 2. The lowest BCUT2D eigenvalue weighted by molar-refractivity contribution is 0.284. The molecule has 0 saturated heterocycles. The molecule has 0 aliphatic carbocycles. The smallest absolute Gasteiger partial charge is 0.162 e. The second-order valence-corrected chi connectivity index (χ2v) is 8.90. The van der Waals surface area contributed by atoms with Crippen LogP contribution in [0.3, 0.4) is 0 Å². The Hall–Kier alpha value is -3.25. The summed E-state index contributed by atoms with van der Waals surface area (Å²) in [5.74, 6) is 1.41. The first kappa shape index (κ1) is 20.6. The van der Waals surface area contributed by atoms with Crippen LogP contribution in [0.2, 0.25) is 0 Å². The highest BCUT2D eigenvalue weighted by Crippen LogP contribution is 2.41. The van der Waals surface area contributed by atoms with Crippen molar-refractivity contribution in [2.24, 2.45) is 0 Å². The first-order chi connectivity index (χ1) is 15.5. The molecule has 5 nitrogen and oxygen atoms in total. The summed E-state index contributed by atoms with van der Waals surface area (Å²) in [5, 5.41) is 8.48. The molecule has 2 heterocycles. The van der Waals surface area contributed by atoms with Crippen LogP contribution in [0.25, 0.3) is 11.3 Å². The number of ether oxygens (including phenoxy) is 2. The van der Waals surface area contributed by atoms with Crippen LogP contribution in [-0.4, -0.2) is 16.9 Å². The first-order valence-corrected chi connectivity index (χ1v) is 11.3. The highest BCUT2D eigenvalue weighted by atomic mass is 79.9. The topological polar surface area (TPSA) is 48.3 Å². The van der Waals surface area contributed by atoms with E-state index < -0.39 is 0 Å². The Morgan fingerprint density at radius 3 is 2.59 bits per heavy atom. The summed E-state index contributed by atoms with van der Waals surface area (Å²) in [7, 11) is 1.66. The molecule has 1 aliphatic rings. The quantitative estimate of drug-likeness (QED) is 0.348. The number of hydrogen-bond donors (Lipinski definition) is 1. The van der Waals surface area contributed by atoms with E-state index in [9.17, 15) is 0 Å². The normalized spacial score (nSPS) is 14.3. The van der Waals surface area contributed by atoms with Crippen molar-refractivity contribution >= 4 is 21.6 Å². The number of fused-ring (bicyclic) bond motifs is 3. The monoisotopic (exact) mass is 489 g/mol. The molecule has 1 aliphatic heterocycles. The van der Waals surface area contributed by atoms with Crippen molar-refractivity contribution in [3.8, 4) is 22.8 Å². The number of anilines is 1. The Labute approximate surface area is 196 Å². The third kappa shape index (κ3) is 3.75. The molecule has 4 aromatic rings. The summed E-state index contributed by atoms with van der Waals surface area (Å²) in [6.07, 6.45) is -0.145. The Morgan fingerprint density at radius 2 is 1.81 bits per heavy atom. The lowest BCUT2D eigenvalue weighted by Gasteiger charge is -2.30. The van der Waals surface area contributed by atoms with Gasteiger partial charge in [0.25, 0.3) is 0 Å². The molecule has 0 spiro atoms. The second kappa shape index (κ2) is 8.36. The molecular formula is C26H24BrN3O2. The molecule has 6 heteroatoms. The van der Waals surface area contributed by atoms with E-state index >= 15 is 0 Å². The van der Waals surface area contributed by atoms with Gasteiger partial charge >= 0.3 is 0 Å². The number of aromatic nitrogens is 2. The fourth-order valence-corrected chi connectivity index (χ4v) is 4.39. The molecule has 1 aromatic heterocycles. The summed E-state index contributed by atoms with van der Waals surface area (Å²) >= 11 is 3.47. The molecule has 0 bridgehead atoms. The van der Waals surface area contributed by atoms with Crippen molar-refractivity contribution in [2.75, 3.05) is 12.4 Å². The maximum Gasteiger partial charge on any atom is 0.162 e. The van der Waals surface area contributed by atoms with Crippen molar-refractivity contribution in [2.45, 2.75) is 26.6 Å². The van der Waals surface area contributed by atoms with Gasteiger partial charge in [-0.3, -0.25) is 0 Å². The van der Waals surface area contributed by atoms with Gasteiger partial charge in [-0.25, -0.2) is 4.68 Å². The zero-order valence-corrected chi connectivity index (χ0v) is 19.8. The number of benzene rings is 3. The van der Waals surface area contributed by atoms with Gasteiger partial charge in [-0.1, -0.05) is 52.3 Å². The van der Waals surface area contributed by atoms with E-state index in [1.54, 1.807) is 7.11 Å². The number of nitrogens with one attached hydrogen (secondary N) is 1. The number of halogens is 1. The molecule has 32 heavy (non-hydrogen) atoms. The van der Waals surface area contributed by atoms with Crippen LogP contribution in [0.1, 0.15) is 28.6 Å². The maximum absolute atomic E-state index is 6.17. The van der Waals surface area contributed by atoms with Crippen molar-refractivity contribution in [1.29, 1.82) is 0 Å². The standard InChI is InChI=1S/C26H24BrN3O2/c1-16-5-4-6-21-22-13-17(2)29-30(22)26(28-25(16)21)19-9-12-23(31-3)24(14-19)32-15-18-7-10-20(27)11-8-18/h4-14,26,28H,15H2,1-3H3. The molecule has 5 rings (SSSR count). The van der Waals surface area contributed by atoms with Crippen LogP contribution in [0.15, 0.2) is 71.2 Å². The van der Waals surface area contributed by atoms with Crippen LogP contribution in [-0.2, 0) is 6.61 Å². The maximum atomic E-state index is 6.17. The number of methoxy groups -OCH3 is 1. The highest BCUT2D eigenvalue weighted by molar-refractivity contribution is 9.10. The Bertz CT molecular complexity index is 1280. The van der Waals surface area contributed by atoms with Crippen molar-refractivity contribution in [3.63, 3.8) is 0 Å². The predicted octanol–water partition coefficient (Wildman–Crippen LogP) is 6.49. The van der Waals surface area contributed by atoms with E-state index in [1.165, 1.54) is 11.1 Å². The van der Waals surface area contributed by atoms with E-state index in [0.717, 1.165) is 32.7 Å². The lowest BCUT2D eigenvalue weighted by Crippen LogP contribution is -2.26. The third-order valence-electron chi connectivity index (χ3n) is 5.74. The molecule has 0 fully saturated rings. The van der Waals surface area contributed by atoms with Crippen LogP contribution in [0, 0.1) is 13.8 Å². The van der Waals surface area contributed by atoms with Crippen molar-refractivity contribution < 1.29 is 9.47 Å². The Kier molecular flexibility index (Phi) is 5.39. The van der Waals surface area contributed by atoms with E-state index in [0.29, 0.717) is 18.1 Å². The largest absolute Gasteiger partial charge is 0.493 e. The second-order valence-electron chi connectivity index (χ2n) is 7.99. The van der Waals surface area contributed by atoms with Gasteiger partial charge < -0.3 is 14.8 Å². The summed E-state index contributed by atoms with van der Waals surface area (Å²) < 4.78 is 14.8. The van der Waals surface area contributed by atoms with Gasteiger partial charge in [0.1, 0.15) is 12.8 Å². The molecular weight excluding hydrogens is 466 g/mol. The molecule has 0 amide bonds. The van der Waals surface area contributed by atoms with Crippen molar-refractivity contribution in [1.82, 2.24) is 9.78 Å². The first-order valence-electron chi connectivity index (χ1n) is 10.5. The number of rotatable bonds is 5. The average Bonchev–Trinajstić information content (AvgIpc) is 3.20. The van der Waals surface area contributed by atoms with Gasteiger partial charge in [-0.2, -0.15) is 5.10 Å². The Balaban J connectivity index is 1.51. The van der Waals surface area contributed by atoms with E-state index in [2.05, 4.69) is 63.2 Å². The number of hydrogen-bond acceptors (Lipinski definition) is 4. The SMILES string of the molecule is COc1ccc(C2Nc3c(C)cccc3-c3cc(C)nn32)cc1OCc1ccc(Br)cc1. The minimum atomic E-state index is -0.145. The minimum absolute atomic E-state index is 0.145. The fraction of sp³-hybridized carbons (Fsp3) is 0.192. The number of nitrogens with zero attached hydrogens (tertiary/aromatic N) is 2.